The predicted octanol–water partition coefficient (Wildman–Crippen LogP) is 1.96. The average Bonchev–Trinajstić information content (AvgIpc) is 2.33. The maximum absolute atomic E-state index is 9.07. The summed E-state index contributed by atoms with van der Waals surface area (Å²) < 4.78 is 0. The molecule has 0 bridgehead atoms. The first-order chi connectivity index (χ1) is 4.86. The minimum atomic E-state index is 0.363. The van der Waals surface area contributed by atoms with E-state index in [1.807, 2.05) is 12.1 Å². The second kappa shape index (κ2) is 1.87. The summed E-state index contributed by atoms with van der Waals surface area (Å²) in [6.45, 7) is 0. The van der Waals surface area contributed by atoms with Crippen molar-refractivity contribution in [1.29, 1.82) is 0 Å². The maximum Gasteiger partial charge on any atom is 0.115 e. The lowest BCUT2D eigenvalue weighted by Crippen LogP contribution is -1.78. The fraction of sp³-hybridized carbons (Fsp3) is 0.111. The van der Waals surface area contributed by atoms with Gasteiger partial charge in [0.25, 0.3) is 0 Å². The van der Waals surface area contributed by atoms with Crippen LogP contribution in [0, 0.1) is 0 Å². The third-order valence-corrected chi connectivity index (χ3v) is 1.76. The Morgan fingerprint density at radius 1 is 1.30 bits per heavy atom. The van der Waals surface area contributed by atoms with Crippen molar-refractivity contribution < 1.29 is 5.11 Å². The maximum atomic E-state index is 9.07. The molecule has 0 unspecified atom stereocenters. The summed E-state index contributed by atoms with van der Waals surface area (Å²) in [5, 5.41) is 9.07. The lowest BCUT2D eigenvalue weighted by Gasteiger charge is -1.97. The van der Waals surface area contributed by atoms with Crippen LogP contribution in [-0.4, -0.2) is 5.11 Å². The van der Waals surface area contributed by atoms with Crippen molar-refractivity contribution in [3.05, 3.63) is 35.4 Å². The van der Waals surface area contributed by atoms with Gasteiger partial charge in [0.2, 0.25) is 0 Å². The van der Waals surface area contributed by atoms with E-state index in [9.17, 15) is 0 Å². The van der Waals surface area contributed by atoms with E-state index in [0.717, 1.165) is 6.42 Å². The molecule has 1 aliphatic carbocycles. The predicted molar refractivity (Wildman–Crippen MR) is 40.8 cm³/mol. The van der Waals surface area contributed by atoms with Gasteiger partial charge in [-0.15, -0.1) is 0 Å². The topological polar surface area (TPSA) is 20.2 Å². The Kier molecular flexibility index (Phi) is 1.04. The number of phenols is 1. The largest absolute Gasteiger partial charge is 0.508 e. The molecule has 1 aromatic carbocycles. The van der Waals surface area contributed by atoms with E-state index in [1.165, 1.54) is 11.1 Å². The van der Waals surface area contributed by atoms with Gasteiger partial charge in [-0.25, -0.2) is 0 Å². The molecule has 0 aliphatic heterocycles. The van der Waals surface area contributed by atoms with Crippen LogP contribution in [0.15, 0.2) is 24.3 Å². The van der Waals surface area contributed by atoms with E-state index in [2.05, 4.69) is 12.2 Å². The van der Waals surface area contributed by atoms with Crippen molar-refractivity contribution in [3.63, 3.8) is 0 Å². The average molecular weight is 132 g/mol. The highest BCUT2D eigenvalue weighted by Crippen LogP contribution is 2.22. The molecule has 0 aromatic heterocycles. The van der Waals surface area contributed by atoms with Gasteiger partial charge >= 0.3 is 0 Å². The van der Waals surface area contributed by atoms with Gasteiger partial charge < -0.3 is 5.11 Å². The molecule has 1 N–H and O–H groups in total. The second-order valence-electron chi connectivity index (χ2n) is 2.49. The third-order valence-electron chi connectivity index (χ3n) is 1.76. The Hall–Kier alpha value is -1.24. The highest BCUT2D eigenvalue weighted by molar-refractivity contribution is 5.60. The molecule has 0 radical (unpaired) electrons. The zero-order valence-electron chi connectivity index (χ0n) is 5.54. The number of fused-ring (bicyclic) bond motifs is 1. The van der Waals surface area contributed by atoms with E-state index in [0.29, 0.717) is 5.75 Å². The number of phenolic OH excluding ortho intramolecular Hbond substituents is 1. The van der Waals surface area contributed by atoms with Crippen LogP contribution in [0.2, 0.25) is 0 Å². The van der Waals surface area contributed by atoms with Crippen molar-refractivity contribution in [2.75, 3.05) is 0 Å². The van der Waals surface area contributed by atoms with Crippen LogP contribution >= 0.6 is 0 Å². The Balaban J connectivity index is 2.59. The smallest absolute Gasteiger partial charge is 0.115 e. The molecule has 0 atom stereocenters. The fourth-order valence-corrected chi connectivity index (χ4v) is 1.24. The van der Waals surface area contributed by atoms with Gasteiger partial charge in [-0.3, -0.25) is 0 Å². The van der Waals surface area contributed by atoms with Crippen LogP contribution < -0.4 is 0 Å². The van der Waals surface area contributed by atoms with E-state index in [-0.39, 0.29) is 0 Å². The quantitative estimate of drug-likeness (QED) is 0.572. The normalized spacial score (nSPS) is 13.6. The minimum absolute atomic E-state index is 0.363. The number of benzene rings is 1. The summed E-state index contributed by atoms with van der Waals surface area (Å²) in [7, 11) is 0. The van der Waals surface area contributed by atoms with Gasteiger partial charge in [0.15, 0.2) is 0 Å². The van der Waals surface area contributed by atoms with Crippen LogP contribution in [0.1, 0.15) is 11.1 Å². The molecule has 0 amide bonds. The molecule has 0 saturated carbocycles. The van der Waals surface area contributed by atoms with Gasteiger partial charge in [-0.2, -0.15) is 0 Å². The molecule has 1 aromatic rings. The molecule has 10 heavy (non-hydrogen) atoms. The van der Waals surface area contributed by atoms with Crippen molar-refractivity contribution >= 4 is 6.08 Å². The molecular formula is C9H8O. The van der Waals surface area contributed by atoms with Crippen molar-refractivity contribution in [3.8, 4) is 5.75 Å². The summed E-state index contributed by atoms with van der Waals surface area (Å²) in [6, 6.07) is 5.47. The van der Waals surface area contributed by atoms with Crippen LogP contribution in [0.4, 0.5) is 0 Å². The number of aromatic hydroxyl groups is 1. The van der Waals surface area contributed by atoms with Gasteiger partial charge in [0.05, 0.1) is 0 Å². The van der Waals surface area contributed by atoms with Gasteiger partial charge in [0, 0.05) is 0 Å². The van der Waals surface area contributed by atoms with Crippen LogP contribution in [0.25, 0.3) is 6.08 Å². The number of allylic oxidation sites excluding steroid dienone is 1. The summed E-state index contributed by atoms with van der Waals surface area (Å²) in [4.78, 5) is 0. The Morgan fingerprint density at radius 2 is 2.20 bits per heavy atom. The van der Waals surface area contributed by atoms with Crippen molar-refractivity contribution in [1.82, 2.24) is 0 Å². The van der Waals surface area contributed by atoms with Crippen LogP contribution in [0.5, 0.6) is 5.75 Å². The first-order valence-electron chi connectivity index (χ1n) is 3.35. The minimum Gasteiger partial charge on any atom is -0.508 e. The van der Waals surface area contributed by atoms with Crippen LogP contribution in [-0.2, 0) is 6.42 Å². The summed E-state index contributed by atoms with van der Waals surface area (Å²) >= 11 is 0. The van der Waals surface area contributed by atoms with Crippen molar-refractivity contribution in [2.24, 2.45) is 0 Å². The Morgan fingerprint density at radius 3 is 3.10 bits per heavy atom. The second-order valence-corrected chi connectivity index (χ2v) is 2.49. The number of rotatable bonds is 0. The zero-order chi connectivity index (χ0) is 6.97. The zero-order valence-corrected chi connectivity index (χ0v) is 5.54. The van der Waals surface area contributed by atoms with Crippen LogP contribution in [0.3, 0.4) is 0 Å². The third kappa shape index (κ3) is 0.711. The van der Waals surface area contributed by atoms with Gasteiger partial charge in [-0.05, 0) is 29.7 Å². The lowest BCUT2D eigenvalue weighted by molar-refractivity contribution is 0.475. The SMILES string of the molecule is Oc1ccc2c(c1)CC=C2. The molecular weight excluding hydrogens is 124 g/mol. The van der Waals surface area contributed by atoms with E-state index in [1.54, 1.807) is 6.07 Å². The summed E-state index contributed by atoms with van der Waals surface area (Å²) in [5.74, 6) is 0.363. The number of hydrogen-bond donors (Lipinski definition) is 1. The molecule has 0 heterocycles. The molecule has 1 heteroatoms. The van der Waals surface area contributed by atoms with E-state index >= 15 is 0 Å². The van der Waals surface area contributed by atoms with Gasteiger partial charge in [0.1, 0.15) is 5.75 Å². The first-order valence-corrected chi connectivity index (χ1v) is 3.35. The first kappa shape index (κ1) is 5.54. The monoisotopic (exact) mass is 132 g/mol. The van der Waals surface area contributed by atoms with E-state index < -0.39 is 0 Å². The van der Waals surface area contributed by atoms with Crippen molar-refractivity contribution in [2.45, 2.75) is 6.42 Å². The lowest BCUT2D eigenvalue weighted by atomic mass is 10.1. The number of hydrogen-bond acceptors (Lipinski definition) is 1. The van der Waals surface area contributed by atoms with Gasteiger partial charge in [-0.1, -0.05) is 18.2 Å². The summed E-state index contributed by atoms with van der Waals surface area (Å²) in [6.07, 6.45) is 5.14. The molecule has 50 valence electrons. The molecule has 2 rings (SSSR count). The fourth-order valence-electron chi connectivity index (χ4n) is 1.24. The van der Waals surface area contributed by atoms with E-state index in [4.69, 9.17) is 5.11 Å². The standard InChI is InChI=1S/C9H8O/c10-9-5-4-7-2-1-3-8(7)6-9/h1-2,4-6,10H,3H2. The Bertz CT molecular complexity index is 287. The highest BCUT2D eigenvalue weighted by atomic mass is 16.3. The molecule has 1 aliphatic rings. The molecule has 0 spiro atoms. The Labute approximate surface area is 59.6 Å². The molecule has 0 fully saturated rings. The highest BCUT2D eigenvalue weighted by Gasteiger charge is 2.03. The summed E-state index contributed by atoms with van der Waals surface area (Å²) in [5.41, 5.74) is 2.46. The molecule has 1 nitrogen and oxygen atoms in total. The molecule has 0 saturated heterocycles.